The van der Waals surface area contributed by atoms with Crippen molar-refractivity contribution in [2.24, 2.45) is 0 Å². The number of phenols is 6. The SMILES string of the molecule is CCCCCCCCc1ccc(O)c(Sc2cc(CCCCCCCC)ccc2O)c1.Cc1cc(O)c(C(C)(C)C)cc1Sc1cc(C(C)(C)C)c(O)cc1C.Cc1cc(Sc2cc(C)cc(C(C)(C)C)c2O)c(O)c(C(C)(C)C)c1. The van der Waals surface area contributed by atoms with Gasteiger partial charge in [-0.15, -0.1) is 0 Å². The first-order valence-electron chi connectivity index (χ1n) is 29.8. The Morgan fingerprint density at radius 2 is 0.617 bits per heavy atom. The van der Waals surface area contributed by atoms with Gasteiger partial charge in [0.05, 0.1) is 19.6 Å². The third kappa shape index (κ3) is 21.4. The zero-order valence-electron chi connectivity index (χ0n) is 52.9. The summed E-state index contributed by atoms with van der Waals surface area (Å²) in [5.74, 6) is 1.90. The van der Waals surface area contributed by atoms with Crippen LogP contribution < -0.4 is 0 Å². The van der Waals surface area contributed by atoms with Crippen molar-refractivity contribution >= 4 is 35.3 Å². The van der Waals surface area contributed by atoms with Crippen LogP contribution in [0.5, 0.6) is 34.5 Å². The number of rotatable bonds is 20. The molecule has 0 aliphatic rings. The number of aryl methyl sites for hydroxylation is 6. The van der Waals surface area contributed by atoms with Gasteiger partial charge in [-0.3, -0.25) is 0 Å². The lowest BCUT2D eigenvalue weighted by Crippen LogP contribution is -2.12. The van der Waals surface area contributed by atoms with Crippen LogP contribution in [0.15, 0.2) is 114 Å². The van der Waals surface area contributed by atoms with Gasteiger partial charge in [0.25, 0.3) is 0 Å². The molecule has 0 bridgehead atoms. The van der Waals surface area contributed by atoms with Gasteiger partial charge in [0.15, 0.2) is 0 Å². The molecule has 81 heavy (non-hydrogen) atoms. The molecule has 6 aromatic rings. The van der Waals surface area contributed by atoms with E-state index < -0.39 is 0 Å². The van der Waals surface area contributed by atoms with E-state index in [1.807, 2.05) is 76.2 Å². The van der Waals surface area contributed by atoms with Crippen molar-refractivity contribution < 1.29 is 30.6 Å². The Labute approximate surface area is 503 Å². The van der Waals surface area contributed by atoms with Crippen LogP contribution in [-0.4, -0.2) is 30.6 Å². The van der Waals surface area contributed by atoms with Gasteiger partial charge < -0.3 is 30.6 Å². The Hall–Kier alpha value is -4.83. The molecule has 0 atom stereocenters. The maximum Gasteiger partial charge on any atom is 0.133 e. The van der Waals surface area contributed by atoms with Crippen molar-refractivity contribution in [2.45, 2.75) is 266 Å². The predicted molar refractivity (Wildman–Crippen MR) is 349 cm³/mol. The van der Waals surface area contributed by atoms with Crippen molar-refractivity contribution in [3.8, 4) is 34.5 Å². The maximum absolute atomic E-state index is 10.8. The summed E-state index contributed by atoms with van der Waals surface area (Å²) in [5, 5.41) is 63.0. The van der Waals surface area contributed by atoms with Crippen LogP contribution in [0.25, 0.3) is 0 Å². The highest BCUT2D eigenvalue weighted by Gasteiger charge is 2.26. The van der Waals surface area contributed by atoms with Gasteiger partial charge in [0.1, 0.15) is 34.5 Å². The van der Waals surface area contributed by atoms with E-state index in [1.54, 1.807) is 23.9 Å². The lowest BCUT2D eigenvalue weighted by Gasteiger charge is -2.24. The van der Waals surface area contributed by atoms with Crippen LogP contribution in [0.1, 0.15) is 230 Å². The van der Waals surface area contributed by atoms with Crippen molar-refractivity contribution in [2.75, 3.05) is 0 Å². The summed E-state index contributed by atoms with van der Waals surface area (Å²) in [4.78, 5) is 5.50. The van der Waals surface area contributed by atoms with Crippen LogP contribution in [-0.2, 0) is 34.5 Å². The van der Waals surface area contributed by atoms with Gasteiger partial charge in [-0.2, -0.15) is 0 Å². The van der Waals surface area contributed by atoms with Gasteiger partial charge >= 0.3 is 0 Å². The van der Waals surface area contributed by atoms with Gasteiger partial charge in [-0.1, -0.05) is 221 Å². The Bertz CT molecular complexity index is 2780. The molecular formula is C72H102O6S3. The third-order valence-corrected chi connectivity index (χ3v) is 18.1. The highest BCUT2D eigenvalue weighted by Crippen LogP contribution is 2.48. The molecule has 6 nitrogen and oxygen atoms in total. The minimum atomic E-state index is -0.142. The molecule has 6 rings (SSSR count). The summed E-state index contributed by atoms with van der Waals surface area (Å²) in [6.07, 6.45) is 17.5. The van der Waals surface area contributed by atoms with Crippen LogP contribution in [0.3, 0.4) is 0 Å². The monoisotopic (exact) mass is 1160 g/mol. The van der Waals surface area contributed by atoms with Crippen LogP contribution in [0.4, 0.5) is 0 Å². The van der Waals surface area contributed by atoms with E-state index in [4.69, 9.17) is 0 Å². The van der Waals surface area contributed by atoms with Gasteiger partial charge in [-0.05, 0) is 169 Å². The highest BCUT2D eigenvalue weighted by molar-refractivity contribution is 8.00. The minimum Gasteiger partial charge on any atom is -0.508 e. The summed E-state index contributed by atoms with van der Waals surface area (Å²) in [5.41, 5.74) is 10.1. The average molecular weight is 1160 g/mol. The van der Waals surface area contributed by atoms with Gasteiger partial charge in [0.2, 0.25) is 0 Å². The molecule has 0 radical (unpaired) electrons. The second kappa shape index (κ2) is 30.6. The molecule has 0 aliphatic heterocycles. The lowest BCUT2D eigenvalue weighted by atomic mass is 9.85. The zero-order valence-corrected chi connectivity index (χ0v) is 55.3. The second-order valence-corrected chi connectivity index (χ2v) is 29.8. The Morgan fingerprint density at radius 3 is 0.951 bits per heavy atom. The topological polar surface area (TPSA) is 121 Å². The molecular weight excluding hydrogens is 1060 g/mol. The number of phenolic OH excluding ortho intramolecular Hbond substituents is 6. The predicted octanol–water partition coefficient (Wildman–Crippen LogP) is 22.0. The zero-order chi connectivity index (χ0) is 60.6. The summed E-state index contributed by atoms with van der Waals surface area (Å²) in [6.45, 7) is 37.8. The molecule has 0 fully saturated rings. The van der Waals surface area contributed by atoms with E-state index in [9.17, 15) is 30.6 Å². The summed E-state index contributed by atoms with van der Waals surface area (Å²) >= 11 is 4.60. The van der Waals surface area contributed by atoms with Crippen LogP contribution in [0.2, 0.25) is 0 Å². The highest BCUT2D eigenvalue weighted by atomic mass is 32.2. The van der Waals surface area contributed by atoms with E-state index in [0.717, 1.165) is 86.7 Å². The summed E-state index contributed by atoms with van der Waals surface area (Å²) < 4.78 is 0. The minimum absolute atomic E-state index is 0.117. The lowest BCUT2D eigenvalue weighted by molar-refractivity contribution is 0.432. The number of benzene rings is 6. The molecule has 9 heteroatoms. The molecule has 0 amide bonds. The fourth-order valence-electron chi connectivity index (χ4n) is 9.72. The fourth-order valence-corrected chi connectivity index (χ4v) is 12.9. The van der Waals surface area contributed by atoms with E-state index in [2.05, 4.69) is 121 Å². The first-order valence-corrected chi connectivity index (χ1v) is 32.2. The third-order valence-electron chi connectivity index (χ3n) is 14.6. The number of hydrogen-bond donors (Lipinski definition) is 6. The largest absolute Gasteiger partial charge is 0.508 e. The number of hydrogen-bond acceptors (Lipinski definition) is 9. The first-order chi connectivity index (χ1) is 37.7. The smallest absolute Gasteiger partial charge is 0.133 e. The second-order valence-electron chi connectivity index (χ2n) is 26.5. The van der Waals surface area contributed by atoms with E-state index >= 15 is 0 Å². The number of unbranched alkanes of at least 4 members (excludes halogenated alkanes) is 10. The standard InChI is InChI=1S/C28H42O2S.2C22H30O2S/c1-3-5-7-9-11-13-15-23-17-19-25(29)27(21-23)31-28-22-24(18-20-26(28)30)16-14-12-10-8-6-4-2;1-13-9-17(23)15(21(3,4)5)11-19(13)25-20-12-16(22(6,7)8)18(24)10-14(20)2;1-13-9-15(21(3,4)5)19(23)17(11-13)25-18-12-14(2)10-16(20(18)24)22(6,7)8/h17-22,29-30H,3-16H2,1-2H3;2*9-12,23-24H,1-8H3. The Morgan fingerprint density at radius 1 is 0.309 bits per heavy atom. The summed E-state index contributed by atoms with van der Waals surface area (Å²) in [6, 6.07) is 27.8. The van der Waals surface area contributed by atoms with E-state index in [0.29, 0.717) is 23.0 Å². The number of aromatic hydroxyl groups is 6. The molecule has 0 saturated carbocycles. The van der Waals surface area contributed by atoms with Gasteiger partial charge in [0, 0.05) is 32.0 Å². The molecule has 0 spiro atoms. The van der Waals surface area contributed by atoms with Crippen molar-refractivity contribution in [3.05, 3.63) is 141 Å². The molecule has 0 aliphatic carbocycles. The average Bonchev–Trinajstić information content (AvgIpc) is 3.48. The Kier molecular flexibility index (Phi) is 26.0. The molecule has 0 saturated heterocycles. The fraction of sp³-hybridized carbons (Fsp3) is 0.500. The van der Waals surface area contributed by atoms with Gasteiger partial charge in [-0.25, -0.2) is 0 Å². The maximum atomic E-state index is 10.8. The first kappa shape index (κ1) is 68.7. The molecule has 0 aromatic heterocycles. The molecule has 0 heterocycles. The van der Waals surface area contributed by atoms with Crippen molar-refractivity contribution in [1.82, 2.24) is 0 Å². The molecule has 444 valence electrons. The van der Waals surface area contributed by atoms with Crippen LogP contribution in [0, 0.1) is 27.7 Å². The van der Waals surface area contributed by atoms with E-state index in [1.165, 1.54) is 112 Å². The molecule has 6 N–H and O–H groups in total. The molecule has 0 unspecified atom stereocenters. The summed E-state index contributed by atoms with van der Waals surface area (Å²) in [7, 11) is 0. The molecule has 6 aromatic carbocycles. The normalized spacial score (nSPS) is 12.0. The van der Waals surface area contributed by atoms with Crippen molar-refractivity contribution in [3.63, 3.8) is 0 Å². The van der Waals surface area contributed by atoms with Crippen molar-refractivity contribution in [1.29, 1.82) is 0 Å². The quantitative estimate of drug-likeness (QED) is 0.0415. The van der Waals surface area contributed by atoms with E-state index in [-0.39, 0.29) is 33.2 Å². The van der Waals surface area contributed by atoms with Crippen LogP contribution >= 0.6 is 35.3 Å². The Balaban J connectivity index is 0.000000264.